The number of hydrogen-bond donors (Lipinski definition) is 1. The van der Waals surface area contributed by atoms with E-state index >= 15 is 0 Å². The van der Waals surface area contributed by atoms with Gasteiger partial charge in [-0.05, 0) is 25.1 Å². The molecule has 0 aliphatic rings. The number of aliphatic hydroxyl groups is 1. The van der Waals surface area contributed by atoms with Crippen molar-refractivity contribution in [2.45, 2.75) is 13.0 Å². The van der Waals surface area contributed by atoms with Crippen LogP contribution in [0.1, 0.15) is 18.6 Å². The van der Waals surface area contributed by atoms with Gasteiger partial charge in [0.2, 0.25) is 0 Å². The third-order valence-electron chi connectivity index (χ3n) is 2.55. The van der Waals surface area contributed by atoms with E-state index in [4.69, 9.17) is 27.9 Å². The molecule has 1 N–H and O–H groups in total. The Hall–Kier alpha value is -1.29. The zero-order valence-corrected chi connectivity index (χ0v) is 11.5. The van der Waals surface area contributed by atoms with Gasteiger partial charge in [0.1, 0.15) is 5.75 Å². The molecule has 0 spiro atoms. The summed E-state index contributed by atoms with van der Waals surface area (Å²) < 4.78 is 19.3. The van der Waals surface area contributed by atoms with Crippen molar-refractivity contribution in [1.82, 2.24) is 0 Å². The van der Waals surface area contributed by atoms with E-state index in [0.717, 1.165) is 0 Å². The maximum Gasteiger partial charge on any atom is 0.168 e. The Kier molecular flexibility index (Phi) is 4.30. The number of rotatable bonds is 3. The smallest absolute Gasteiger partial charge is 0.168 e. The summed E-state index contributed by atoms with van der Waals surface area (Å²) in [5.41, 5.74) is 0.344. The molecule has 0 amide bonds. The van der Waals surface area contributed by atoms with Crippen LogP contribution in [0.4, 0.5) is 4.39 Å². The highest BCUT2D eigenvalue weighted by molar-refractivity contribution is 6.34. The monoisotopic (exact) mass is 300 g/mol. The predicted octanol–water partition coefficient (Wildman–Crippen LogP) is 4.98. The van der Waals surface area contributed by atoms with E-state index in [2.05, 4.69) is 0 Å². The Morgan fingerprint density at radius 1 is 1.21 bits per heavy atom. The standard InChI is InChI=1S/C14H11Cl2FO2/c1-8(18)10-3-2-4-12(17)14(10)19-13-7-9(15)5-6-11(13)16/h2-8,18H,1H3. The molecule has 2 nitrogen and oxygen atoms in total. The molecule has 19 heavy (non-hydrogen) atoms. The molecule has 0 aromatic heterocycles. The summed E-state index contributed by atoms with van der Waals surface area (Å²) in [6, 6.07) is 8.99. The second kappa shape index (κ2) is 5.78. The van der Waals surface area contributed by atoms with Crippen LogP contribution in [0.25, 0.3) is 0 Å². The van der Waals surface area contributed by atoms with Crippen LogP contribution in [0.3, 0.4) is 0 Å². The molecular formula is C14H11Cl2FO2. The molecule has 5 heteroatoms. The Morgan fingerprint density at radius 2 is 1.95 bits per heavy atom. The van der Waals surface area contributed by atoms with E-state index in [-0.39, 0.29) is 11.5 Å². The molecule has 0 aliphatic heterocycles. The zero-order valence-electron chi connectivity index (χ0n) is 10.0. The van der Waals surface area contributed by atoms with Crippen molar-refractivity contribution in [3.8, 4) is 11.5 Å². The van der Waals surface area contributed by atoms with Crippen LogP contribution >= 0.6 is 23.2 Å². The van der Waals surface area contributed by atoms with Crippen LogP contribution in [-0.2, 0) is 0 Å². The second-order valence-electron chi connectivity index (χ2n) is 4.01. The topological polar surface area (TPSA) is 29.5 Å². The van der Waals surface area contributed by atoms with Crippen molar-refractivity contribution in [1.29, 1.82) is 0 Å². The molecule has 100 valence electrons. The molecule has 0 heterocycles. The van der Waals surface area contributed by atoms with Gasteiger partial charge in [-0.1, -0.05) is 35.3 Å². The summed E-state index contributed by atoms with van der Waals surface area (Å²) >= 11 is 11.8. The number of aliphatic hydroxyl groups excluding tert-OH is 1. The van der Waals surface area contributed by atoms with E-state index in [1.807, 2.05) is 0 Å². The van der Waals surface area contributed by atoms with Gasteiger partial charge in [0.25, 0.3) is 0 Å². The van der Waals surface area contributed by atoms with Gasteiger partial charge >= 0.3 is 0 Å². The molecule has 0 radical (unpaired) electrons. The van der Waals surface area contributed by atoms with Crippen molar-refractivity contribution in [2.24, 2.45) is 0 Å². The highest BCUT2D eigenvalue weighted by Gasteiger charge is 2.16. The van der Waals surface area contributed by atoms with Crippen molar-refractivity contribution < 1.29 is 14.2 Å². The molecule has 0 fully saturated rings. The SMILES string of the molecule is CC(O)c1cccc(F)c1Oc1cc(Cl)ccc1Cl. The summed E-state index contributed by atoms with van der Waals surface area (Å²) in [4.78, 5) is 0. The predicted molar refractivity (Wildman–Crippen MR) is 73.6 cm³/mol. The maximum atomic E-state index is 13.8. The van der Waals surface area contributed by atoms with Crippen LogP contribution in [0, 0.1) is 5.82 Å². The fraction of sp³-hybridized carbons (Fsp3) is 0.143. The largest absolute Gasteiger partial charge is 0.452 e. The molecule has 2 rings (SSSR count). The third kappa shape index (κ3) is 3.18. The molecule has 0 bridgehead atoms. The van der Waals surface area contributed by atoms with Gasteiger partial charge in [-0.15, -0.1) is 0 Å². The minimum atomic E-state index is -0.858. The summed E-state index contributed by atoms with van der Waals surface area (Å²) in [6.45, 7) is 1.53. The highest BCUT2D eigenvalue weighted by atomic mass is 35.5. The van der Waals surface area contributed by atoms with E-state index in [9.17, 15) is 9.50 Å². The molecule has 0 aliphatic carbocycles. The maximum absolute atomic E-state index is 13.8. The Bertz CT molecular complexity index is 600. The molecule has 2 aromatic carbocycles. The lowest BCUT2D eigenvalue weighted by molar-refractivity contribution is 0.194. The minimum absolute atomic E-state index is 0.0540. The summed E-state index contributed by atoms with van der Waals surface area (Å²) in [7, 11) is 0. The van der Waals surface area contributed by atoms with Gasteiger partial charge in [0.15, 0.2) is 11.6 Å². The average Bonchev–Trinajstić information content (AvgIpc) is 2.35. The Morgan fingerprint density at radius 3 is 2.63 bits per heavy atom. The lowest BCUT2D eigenvalue weighted by atomic mass is 10.1. The quantitative estimate of drug-likeness (QED) is 0.866. The van der Waals surface area contributed by atoms with Crippen molar-refractivity contribution >= 4 is 23.2 Å². The van der Waals surface area contributed by atoms with E-state index in [0.29, 0.717) is 15.6 Å². The van der Waals surface area contributed by atoms with Gasteiger partial charge in [-0.25, -0.2) is 4.39 Å². The Labute approximate surface area is 120 Å². The summed E-state index contributed by atoms with van der Waals surface area (Å²) in [5, 5.41) is 10.4. The van der Waals surface area contributed by atoms with Gasteiger partial charge < -0.3 is 9.84 Å². The first-order valence-corrected chi connectivity index (χ1v) is 6.34. The van der Waals surface area contributed by atoms with Crippen molar-refractivity contribution in [2.75, 3.05) is 0 Å². The van der Waals surface area contributed by atoms with Crippen molar-refractivity contribution in [3.63, 3.8) is 0 Å². The first kappa shape index (κ1) is 14.1. The van der Waals surface area contributed by atoms with E-state index in [1.54, 1.807) is 18.2 Å². The third-order valence-corrected chi connectivity index (χ3v) is 3.10. The molecular weight excluding hydrogens is 290 g/mol. The first-order chi connectivity index (χ1) is 8.99. The number of para-hydroxylation sites is 1. The average molecular weight is 301 g/mol. The first-order valence-electron chi connectivity index (χ1n) is 5.58. The van der Waals surface area contributed by atoms with Crippen LogP contribution in [0.5, 0.6) is 11.5 Å². The number of ether oxygens (including phenoxy) is 1. The summed E-state index contributed by atoms with van der Waals surface area (Å²) in [5.74, 6) is -0.391. The normalized spacial score (nSPS) is 12.3. The van der Waals surface area contributed by atoms with Gasteiger partial charge in [-0.2, -0.15) is 0 Å². The van der Waals surface area contributed by atoms with Crippen LogP contribution in [0.2, 0.25) is 10.0 Å². The molecule has 0 saturated carbocycles. The van der Waals surface area contributed by atoms with E-state index in [1.165, 1.54) is 25.1 Å². The molecule has 1 atom stereocenters. The van der Waals surface area contributed by atoms with Crippen molar-refractivity contribution in [3.05, 3.63) is 57.8 Å². The summed E-state index contributed by atoms with van der Waals surface area (Å²) in [6.07, 6.45) is -0.858. The zero-order chi connectivity index (χ0) is 14.0. The molecule has 1 unspecified atom stereocenters. The molecule has 0 saturated heterocycles. The molecule has 2 aromatic rings. The van der Waals surface area contributed by atoms with Gasteiger partial charge in [0, 0.05) is 16.7 Å². The van der Waals surface area contributed by atoms with Crippen LogP contribution in [-0.4, -0.2) is 5.11 Å². The van der Waals surface area contributed by atoms with Crippen LogP contribution in [0.15, 0.2) is 36.4 Å². The van der Waals surface area contributed by atoms with Gasteiger partial charge in [0.05, 0.1) is 11.1 Å². The number of halogens is 3. The highest BCUT2D eigenvalue weighted by Crippen LogP contribution is 2.36. The lowest BCUT2D eigenvalue weighted by Gasteiger charge is -2.14. The van der Waals surface area contributed by atoms with Gasteiger partial charge in [-0.3, -0.25) is 0 Å². The number of benzene rings is 2. The lowest BCUT2D eigenvalue weighted by Crippen LogP contribution is -1.99. The minimum Gasteiger partial charge on any atom is -0.452 e. The fourth-order valence-corrected chi connectivity index (χ4v) is 1.95. The number of hydrogen-bond acceptors (Lipinski definition) is 2. The Balaban J connectivity index is 2.46. The fourth-order valence-electron chi connectivity index (χ4n) is 1.63. The van der Waals surface area contributed by atoms with Crippen LogP contribution < -0.4 is 4.74 Å². The second-order valence-corrected chi connectivity index (χ2v) is 4.85. The van der Waals surface area contributed by atoms with E-state index < -0.39 is 11.9 Å².